The van der Waals surface area contributed by atoms with Gasteiger partial charge < -0.3 is 5.73 Å². The number of anilines is 2. The third-order valence-corrected chi connectivity index (χ3v) is 4.66. The minimum absolute atomic E-state index is 0.0896. The molecule has 20 heavy (non-hydrogen) atoms. The molecule has 4 nitrogen and oxygen atoms in total. The molecule has 0 atom stereocenters. The molecule has 0 saturated carbocycles. The predicted octanol–water partition coefficient (Wildman–Crippen LogP) is 3.28. The number of hydrogen-bond acceptors (Lipinski definition) is 3. The Kier molecular flexibility index (Phi) is 4.35. The van der Waals surface area contributed by atoms with Crippen molar-refractivity contribution in [1.29, 1.82) is 0 Å². The molecule has 106 valence electrons. The Balaban J connectivity index is 2.19. The predicted molar refractivity (Wildman–Crippen MR) is 86.0 cm³/mol. The summed E-state index contributed by atoms with van der Waals surface area (Å²) in [5, 5.41) is 0. The summed E-state index contributed by atoms with van der Waals surface area (Å²) in [5.74, 6) is -0.0896. The zero-order valence-corrected chi connectivity index (χ0v) is 13.3. The highest BCUT2D eigenvalue weighted by Crippen LogP contribution is 2.25. The van der Waals surface area contributed by atoms with Crippen LogP contribution in [0.2, 0.25) is 0 Å². The molecule has 2 aromatic carbocycles. The first-order chi connectivity index (χ1) is 9.35. The van der Waals surface area contributed by atoms with Crippen LogP contribution in [-0.4, -0.2) is 8.42 Å². The molecule has 0 bridgehead atoms. The quantitative estimate of drug-likeness (QED) is 0.827. The third kappa shape index (κ3) is 3.98. The second-order valence-electron chi connectivity index (χ2n) is 4.59. The van der Waals surface area contributed by atoms with E-state index >= 15 is 0 Å². The van der Waals surface area contributed by atoms with Gasteiger partial charge in [0.15, 0.2) is 0 Å². The Morgan fingerprint density at radius 2 is 1.80 bits per heavy atom. The molecule has 0 amide bonds. The summed E-state index contributed by atoms with van der Waals surface area (Å²) in [5.41, 5.74) is 8.41. The lowest BCUT2D eigenvalue weighted by Crippen LogP contribution is -2.15. The van der Waals surface area contributed by atoms with E-state index in [1.165, 1.54) is 0 Å². The summed E-state index contributed by atoms with van der Waals surface area (Å²) >= 11 is 3.33. The molecule has 0 aliphatic rings. The van der Waals surface area contributed by atoms with Gasteiger partial charge in [0.05, 0.1) is 11.4 Å². The van der Waals surface area contributed by atoms with Gasteiger partial charge in [-0.1, -0.05) is 18.2 Å². The van der Waals surface area contributed by atoms with Crippen molar-refractivity contribution in [2.45, 2.75) is 12.7 Å². The molecule has 2 aromatic rings. The second-order valence-corrected chi connectivity index (χ2v) is 7.16. The minimum Gasteiger partial charge on any atom is -0.399 e. The van der Waals surface area contributed by atoms with Crippen LogP contribution in [0.4, 0.5) is 11.4 Å². The first-order valence-corrected chi connectivity index (χ1v) is 8.41. The maximum atomic E-state index is 12.2. The fourth-order valence-corrected chi connectivity index (χ4v) is 3.44. The number of nitrogen functional groups attached to an aromatic ring is 1. The van der Waals surface area contributed by atoms with Crippen molar-refractivity contribution < 1.29 is 8.42 Å². The molecule has 3 N–H and O–H groups in total. The highest BCUT2D eigenvalue weighted by atomic mass is 79.9. The standard InChI is InChI=1S/C14H15BrN2O2S/c1-10-2-7-13(15)14(8-10)17-20(18,19)9-11-3-5-12(16)6-4-11/h2-8,17H,9,16H2,1H3. The van der Waals surface area contributed by atoms with E-state index in [1.54, 1.807) is 30.3 Å². The van der Waals surface area contributed by atoms with Crippen molar-refractivity contribution >= 4 is 37.3 Å². The van der Waals surface area contributed by atoms with Gasteiger partial charge in [0.25, 0.3) is 0 Å². The van der Waals surface area contributed by atoms with E-state index in [1.807, 2.05) is 19.1 Å². The molecular weight excluding hydrogens is 340 g/mol. The van der Waals surface area contributed by atoms with Gasteiger partial charge in [-0.3, -0.25) is 4.72 Å². The summed E-state index contributed by atoms with van der Waals surface area (Å²) in [4.78, 5) is 0. The monoisotopic (exact) mass is 354 g/mol. The minimum atomic E-state index is -3.46. The number of nitrogens with two attached hydrogens (primary N) is 1. The van der Waals surface area contributed by atoms with Crippen LogP contribution < -0.4 is 10.5 Å². The maximum Gasteiger partial charge on any atom is 0.236 e. The third-order valence-electron chi connectivity index (χ3n) is 2.72. The van der Waals surface area contributed by atoms with Gasteiger partial charge in [0, 0.05) is 10.2 Å². The van der Waals surface area contributed by atoms with E-state index in [-0.39, 0.29) is 5.75 Å². The Morgan fingerprint density at radius 3 is 2.45 bits per heavy atom. The molecule has 0 radical (unpaired) electrons. The summed E-state index contributed by atoms with van der Waals surface area (Å²) in [6, 6.07) is 12.3. The van der Waals surface area contributed by atoms with Crippen LogP contribution in [0.5, 0.6) is 0 Å². The number of rotatable bonds is 4. The summed E-state index contributed by atoms with van der Waals surface area (Å²) in [7, 11) is -3.46. The molecule has 0 unspecified atom stereocenters. The zero-order chi connectivity index (χ0) is 14.8. The number of sulfonamides is 1. The lowest BCUT2D eigenvalue weighted by atomic mass is 10.2. The van der Waals surface area contributed by atoms with Gasteiger partial charge in [0.2, 0.25) is 10.0 Å². The lowest BCUT2D eigenvalue weighted by molar-refractivity contribution is 0.600. The van der Waals surface area contributed by atoms with E-state index in [2.05, 4.69) is 20.7 Å². The van der Waals surface area contributed by atoms with Gasteiger partial charge in [-0.2, -0.15) is 0 Å². The Labute approximate surface area is 127 Å². The molecule has 6 heteroatoms. The van der Waals surface area contributed by atoms with Crippen molar-refractivity contribution in [3.8, 4) is 0 Å². The van der Waals surface area contributed by atoms with Crippen molar-refractivity contribution in [3.05, 3.63) is 58.1 Å². The van der Waals surface area contributed by atoms with Crippen molar-refractivity contribution in [1.82, 2.24) is 0 Å². The topological polar surface area (TPSA) is 72.2 Å². The van der Waals surface area contributed by atoms with Gasteiger partial charge >= 0.3 is 0 Å². The fraction of sp³-hybridized carbons (Fsp3) is 0.143. The number of aryl methyl sites for hydroxylation is 1. The average molecular weight is 355 g/mol. The first kappa shape index (κ1) is 14.9. The first-order valence-electron chi connectivity index (χ1n) is 5.97. The van der Waals surface area contributed by atoms with Gasteiger partial charge in [0.1, 0.15) is 0 Å². The van der Waals surface area contributed by atoms with Gasteiger partial charge in [-0.15, -0.1) is 0 Å². The molecule has 0 aliphatic heterocycles. The molecular formula is C14H15BrN2O2S. The van der Waals surface area contributed by atoms with E-state index in [0.29, 0.717) is 21.4 Å². The summed E-state index contributed by atoms with van der Waals surface area (Å²) < 4.78 is 27.6. The average Bonchev–Trinajstić information content (AvgIpc) is 2.36. The van der Waals surface area contributed by atoms with E-state index in [0.717, 1.165) is 5.56 Å². The number of hydrogen-bond donors (Lipinski definition) is 2. The van der Waals surface area contributed by atoms with Crippen molar-refractivity contribution in [2.75, 3.05) is 10.5 Å². The molecule has 0 fully saturated rings. The molecule has 0 spiro atoms. The molecule has 0 aromatic heterocycles. The van der Waals surface area contributed by atoms with Crippen LogP contribution in [0.25, 0.3) is 0 Å². The Bertz CT molecular complexity index is 712. The van der Waals surface area contributed by atoms with Gasteiger partial charge in [-0.25, -0.2) is 8.42 Å². The lowest BCUT2D eigenvalue weighted by Gasteiger charge is -2.10. The van der Waals surface area contributed by atoms with Crippen LogP contribution in [0.3, 0.4) is 0 Å². The zero-order valence-electron chi connectivity index (χ0n) is 10.9. The SMILES string of the molecule is Cc1ccc(Br)c(NS(=O)(=O)Cc2ccc(N)cc2)c1. The molecule has 0 heterocycles. The number of halogens is 1. The van der Waals surface area contributed by atoms with Crippen LogP contribution in [0, 0.1) is 6.92 Å². The molecule has 0 saturated heterocycles. The fourth-order valence-electron chi connectivity index (χ4n) is 1.75. The summed E-state index contributed by atoms with van der Waals surface area (Å²) in [6.45, 7) is 1.91. The largest absolute Gasteiger partial charge is 0.399 e. The van der Waals surface area contributed by atoms with Crippen molar-refractivity contribution in [3.63, 3.8) is 0 Å². The summed E-state index contributed by atoms with van der Waals surface area (Å²) in [6.07, 6.45) is 0. The molecule has 0 aliphatic carbocycles. The van der Waals surface area contributed by atoms with Crippen LogP contribution in [0.15, 0.2) is 46.9 Å². The molecule has 2 rings (SSSR count). The highest BCUT2D eigenvalue weighted by molar-refractivity contribution is 9.10. The van der Waals surface area contributed by atoms with E-state index in [4.69, 9.17) is 5.73 Å². The maximum absolute atomic E-state index is 12.2. The van der Waals surface area contributed by atoms with Crippen LogP contribution in [-0.2, 0) is 15.8 Å². The van der Waals surface area contributed by atoms with E-state index in [9.17, 15) is 8.42 Å². The van der Waals surface area contributed by atoms with Crippen molar-refractivity contribution in [2.24, 2.45) is 0 Å². The smallest absolute Gasteiger partial charge is 0.236 e. The Morgan fingerprint density at radius 1 is 1.15 bits per heavy atom. The number of benzene rings is 2. The Hall–Kier alpha value is -1.53. The normalized spacial score (nSPS) is 11.3. The van der Waals surface area contributed by atoms with Crippen LogP contribution in [0.1, 0.15) is 11.1 Å². The van der Waals surface area contributed by atoms with E-state index < -0.39 is 10.0 Å². The highest BCUT2D eigenvalue weighted by Gasteiger charge is 2.13. The van der Waals surface area contributed by atoms with Crippen LogP contribution >= 0.6 is 15.9 Å². The number of nitrogens with one attached hydrogen (secondary N) is 1. The second kappa shape index (κ2) is 5.85. The van der Waals surface area contributed by atoms with Gasteiger partial charge in [-0.05, 0) is 58.2 Å².